The third-order valence-electron chi connectivity index (χ3n) is 11.2. The third-order valence-corrected chi connectivity index (χ3v) is 11.2. The van der Waals surface area contributed by atoms with E-state index in [9.17, 15) is 34.5 Å². The monoisotopic (exact) mass is 1130 g/mol. The van der Waals surface area contributed by atoms with E-state index in [0.29, 0.717) is 0 Å². The van der Waals surface area contributed by atoms with E-state index in [1.54, 1.807) is 0 Å². The maximum Gasteiger partial charge on any atom is 1.00 e. The zero-order valence-corrected chi connectivity index (χ0v) is 44.1. The van der Waals surface area contributed by atoms with Crippen LogP contribution in [0, 0.1) is 55.4 Å². The molecule has 0 spiro atoms. The van der Waals surface area contributed by atoms with Gasteiger partial charge < -0.3 is 34.5 Å². The van der Waals surface area contributed by atoms with E-state index in [4.69, 9.17) is 0 Å². The molecule has 4 aromatic carbocycles. The van der Waals surface area contributed by atoms with Gasteiger partial charge in [0.1, 0.15) is 0 Å². The van der Waals surface area contributed by atoms with Crippen molar-refractivity contribution >= 4 is 102 Å². The first-order valence-electron chi connectivity index (χ1n) is 23.3. The normalized spacial score (nSPS) is 10.9. The molecule has 8 aromatic heterocycles. The standard InChI is InChI=1S/4C14H12N2.2BF4.2Cu/c4*1-9-3-5-11-7-8-12-6-4-10(2)16-14(12)13(11)15-9;2*2-1(3,4)5;;/h4*3-8H,1-2H3;;;;/q;;;;2*-1;2*+1. The average Bonchev–Trinajstić information content (AvgIpc) is 3.33. The van der Waals surface area contributed by atoms with Gasteiger partial charge in [0.2, 0.25) is 0 Å². The smallest absolute Gasteiger partial charge is 0.418 e. The third kappa shape index (κ3) is 16.4. The van der Waals surface area contributed by atoms with Crippen LogP contribution in [0.15, 0.2) is 146 Å². The Morgan fingerprint density at radius 1 is 0.197 bits per heavy atom. The molecule has 12 rings (SSSR count). The van der Waals surface area contributed by atoms with Gasteiger partial charge >= 0.3 is 48.6 Å². The van der Waals surface area contributed by atoms with Crippen LogP contribution in [0.2, 0.25) is 0 Å². The number of aryl methyl sites for hydroxylation is 8. The molecular weight excluding hydrogens is 1090 g/mol. The summed E-state index contributed by atoms with van der Waals surface area (Å²) >= 11 is 0. The Bertz CT molecular complexity index is 3240. The van der Waals surface area contributed by atoms with Crippen molar-refractivity contribution in [3.8, 4) is 0 Å². The Labute approximate surface area is 454 Å². The largest absolute Gasteiger partial charge is 1.00 e. The molecule has 0 radical (unpaired) electrons. The van der Waals surface area contributed by atoms with Crippen LogP contribution < -0.4 is 0 Å². The van der Waals surface area contributed by atoms with Crippen molar-refractivity contribution in [3.63, 3.8) is 0 Å². The average molecular weight is 1130 g/mol. The summed E-state index contributed by atoms with van der Waals surface area (Å²) in [6.45, 7) is 16.1. The first-order chi connectivity index (χ1) is 34.9. The molecule has 0 saturated heterocycles. The first kappa shape index (κ1) is 59.6. The number of benzene rings is 4. The summed E-state index contributed by atoms with van der Waals surface area (Å²) in [7, 11) is -12.0. The van der Waals surface area contributed by atoms with Crippen LogP contribution in [0.25, 0.3) is 87.2 Å². The number of rotatable bonds is 0. The number of hydrogen-bond acceptors (Lipinski definition) is 8. The summed E-state index contributed by atoms with van der Waals surface area (Å²) < 4.78 is 78.0. The molecule has 0 N–H and O–H groups in total. The van der Waals surface area contributed by atoms with E-state index in [-0.39, 0.29) is 34.1 Å². The van der Waals surface area contributed by atoms with E-state index in [1.165, 1.54) is 0 Å². The zero-order valence-electron chi connectivity index (χ0n) is 42.2. The number of pyridine rings is 8. The van der Waals surface area contributed by atoms with Crippen LogP contribution >= 0.6 is 0 Å². The van der Waals surface area contributed by atoms with Gasteiger partial charge in [0.15, 0.2) is 0 Å². The Hall–Kier alpha value is -7.23. The maximum absolute atomic E-state index is 9.75. The second-order valence-corrected chi connectivity index (χ2v) is 17.4. The Balaban J connectivity index is 0.000000175. The molecule has 8 heterocycles. The molecule has 12 aromatic rings. The molecule has 0 atom stereocenters. The summed E-state index contributed by atoms with van der Waals surface area (Å²) in [4.78, 5) is 36.7. The topological polar surface area (TPSA) is 103 Å². The molecule has 0 aliphatic carbocycles. The van der Waals surface area contributed by atoms with Gasteiger partial charge in [-0.05, 0) is 104 Å². The summed E-state index contributed by atoms with van der Waals surface area (Å²) in [5.74, 6) is 0. The molecule has 0 saturated carbocycles. The molecule has 0 aliphatic rings. The van der Waals surface area contributed by atoms with Crippen LogP contribution in [0.3, 0.4) is 0 Å². The second kappa shape index (κ2) is 25.5. The Kier molecular flexibility index (Phi) is 20.0. The van der Waals surface area contributed by atoms with Crippen molar-refractivity contribution in [3.05, 3.63) is 191 Å². The van der Waals surface area contributed by atoms with Crippen molar-refractivity contribution < 1.29 is 68.7 Å². The molecule has 0 fully saturated rings. The fraction of sp³-hybridized carbons (Fsp3) is 0.143. The Morgan fingerprint density at radius 2 is 0.276 bits per heavy atom. The van der Waals surface area contributed by atoms with E-state index >= 15 is 0 Å². The van der Waals surface area contributed by atoms with Gasteiger partial charge in [-0.25, -0.2) is 0 Å². The summed E-state index contributed by atoms with van der Waals surface area (Å²) in [5.41, 5.74) is 16.3. The van der Waals surface area contributed by atoms with Crippen molar-refractivity contribution in [2.45, 2.75) is 55.4 Å². The Morgan fingerprint density at radius 3 is 0.368 bits per heavy atom. The van der Waals surface area contributed by atoms with Crippen molar-refractivity contribution in [1.29, 1.82) is 0 Å². The molecule has 8 nitrogen and oxygen atoms in total. The molecule has 0 bridgehead atoms. The molecule has 0 amide bonds. The van der Waals surface area contributed by atoms with Crippen molar-refractivity contribution in [1.82, 2.24) is 39.9 Å². The van der Waals surface area contributed by atoms with Crippen LogP contribution in [0.1, 0.15) is 45.6 Å². The van der Waals surface area contributed by atoms with E-state index in [1.807, 2.05) is 104 Å². The molecular formula is C56H48B2Cu2F8N8. The van der Waals surface area contributed by atoms with Crippen LogP contribution in [0.4, 0.5) is 34.5 Å². The van der Waals surface area contributed by atoms with E-state index < -0.39 is 14.5 Å². The number of halogens is 8. The number of nitrogens with zero attached hydrogens (tertiary/aromatic N) is 8. The van der Waals surface area contributed by atoms with Crippen molar-refractivity contribution in [2.24, 2.45) is 0 Å². The van der Waals surface area contributed by atoms with Gasteiger partial charge in [0, 0.05) is 88.6 Å². The summed E-state index contributed by atoms with van der Waals surface area (Å²) in [6.07, 6.45) is 0. The summed E-state index contributed by atoms with van der Waals surface area (Å²) in [5, 5.41) is 9.19. The predicted molar refractivity (Wildman–Crippen MR) is 286 cm³/mol. The first-order valence-corrected chi connectivity index (χ1v) is 23.3. The van der Waals surface area contributed by atoms with Gasteiger partial charge in [0.25, 0.3) is 0 Å². The van der Waals surface area contributed by atoms with Crippen LogP contribution in [-0.2, 0) is 34.1 Å². The minimum Gasteiger partial charge on any atom is -0.418 e. The maximum atomic E-state index is 9.75. The molecule has 0 unspecified atom stereocenters. The second-order valence-electron chi connectivity index (χ2n) is 17.4. The van der Waals surface area contributed by atoms with E-state index in [0.717, 1.165) is 133 Å². The minimum absolute atomic E-state index is 0. The predicted octanol–water partition coefficient (Wildman–Crippen LogP) is 16.2. The van der Waals surface area contributed by atoms with Gasteiger partial charge in [-0.1, -0.05) is 97.1 Å². The van der Waals surface area contributed by atoms with Crippen molar-refractivity contribution in [2.75, 3.05) is 0 Å². The van der Waals surface area contributed by atoms with Gasteiger partial charge in [0.05, 0.1) is 44.1 Å². The zero-order chi connectivity index (χ0) is 53.5. The molecule has 396 valence electrons. The molecule has 0 aliphatic heterocycles. The SMILES string of the molecule is Cc1ccc2ccc3ccc(C)nc3c2n1.Cc1ccc2ccc3ccc(C)nc3c2n1.Cc1ccc2ccc3ccc(C)nc3c2n1.Cc1ccc2ccc3ccc(C)nc3c2n1.F[B-](F)(F)F.F[B-](F)(F)F.[Cu+].[Cu+]. The minimum atomic E-state index is -6.00. The quantitative estimate of drug-likeness (QED) is 0.0840. The fourth-order valence-electron chi connectivity index (χ4n) is 7.85. The van der Waals surface area contributed by atoms with Gasteiger partial charge in [-0.15, -0.1) is 0 Å². The van der Waals surface area contributed by atoms with Gasteiger partial charge in [-0.3, -0.25) is 39.9 Å². The van der Waals surface area contributed by atoms with Crippen LogP contribution in [0.5, 0.6) is 0 Å². The number of fused-ring (bicyclic) bond motifs is 12. The number of aromatic nitrogens is 8. The number of hydrogen-bond donors (Lipinski definition) is 0. The van der Waals surface area contributed by atoms with Crippen LogP contribution in [-0.4, -0.2) is 54.4 Å². The summed E-state index contributed by atoms with van der Waals surface area (Å²) in [6, 6.07) is 49.8. The van der Waals surface area contributed by atoms with E-state index in [2.05, 4.69) is 137 Å². The van der Waals surface area contributed by atoms with Gasteiger partial charge in [-0.2, -0.15) is 0 Å². The molecule has 76 heavy (non-hydrogen) atoms. The fourth-order valence-corrected chi connectivity index (χ4v) is 7.85. The molecule has 20 heteroatoms.